The Morgan fingerprint density at radius 2 is 1.74 bits per heavy atom. The van der Waals surface area contributed by atoms with Gasteiger partial charge in [-0.1, -0.05) is 32.0 Å². The van der Waals surface area contributed by atoms with Crippen molar-refractivity contribution in [3.8, 4) is 0 Å². The van der Waals surface area contributed by atoms with Gasteiger partial charge < -0.3 is 4.90 Å². The van der Waals surface area contributed by atoms with Crippen LogP contribution in [0.1, 0.15) is 68.1 Å². The molecule has 2 fully saturated rings. The van der Waals surface area contributed by atoms with Crippen LogP contribution in [-0.4, -0.2) is 24.5 Å². The molecule has 1 heteroatoms. The number of piperidine rings is 1. The lowest BCUT2D eigenvalue weighted by molar-refractivity contribution is 0.222. The summed E-state index contributed by atoms with van der Waals surface area (Å²) >= 11 is 0. The molecule has 0 unspecified atom stereocenters. The summed E-state index contributed by atoms with van der Waals surface area (Å²) in [6, 6.07) is 7.38. The molecule has 1 nitrogen and oxygen atoms in total. The van der Waals surface area contributed by atoms with Crippen LogP contribution >= 0.6 is 0 Å². The van der Waals surface area contributed by atoms with Gasteiger partial charge in [0.05, 0.1) is 0 Å². The molecule has 1 saturated carbocycles. The van der Waals surface area contributed by atoms with Crippen molar-refractivity contribution >= 4 is 0 Å². The highest BCUT2D eigenvalue weighted by molar-refractivity contribution is 5.38. The van der Waals surface area contributed by atoms with E-state index < -0.39 is 0 Å². The minimum absolute atomic E-state index is 0.811. The molecule has 0 amide bonds. The second kappa shape index (κ2) is 5.66. The molecule has 1 aromatic rings. The van der Waals surface area contributed by atoms with Crippen LogP contribution in [0.2, 0.25) is 0 Å². The van der Waals surface area contributed by atoms with Gasteiger partial charge in [-0.25, -0.2) is 0 Å². The first-order valence-electron chi connectivity index (χ1n) is 8.16. The zero-order valence-corrected chi connectivity index (χ0v) is 12.5. The van der Waals surface area contributed by atoms with Gasteiger partial charge in [0.25, 0.3) is 0 Å². The molecule has 1 saturated heterocycles. The maximum atomic E-state index is 2.58. The molecule has 0 radical (unpaired) electrons. The fraction of sp³-hybridized carbons (Fsp3) is 0.667. The van der Waals surface area contributed by atoms with Crippen molar-refractivity contribution in [2.45, 2.75) is 57.8 Å². The maximum Gasteiger partial charge on any atom is -0.00130 e. The Balaban J connectivity index is 1.76. The first kappa shape index (κ1) is 13.2. The van der Waals surface area contributed by atoms with E-state index in [1.165, 1.54) is 51.7 Å². The predicted molar refractivity (Wildman–Crippen MR) is 81.9 cm³/mol. The second-order valence-electron chi connectivity index (χ2n) is 6.29. The molecule has 104 valence electrons. The van der Waals surface area contributed by atoms with Crippen LogP contribution in [0.3, 0.4) is 0 Å². The average Bonchev–Trinajstić information content (AvgIpc) is 3.31. The molecule has 3 rings (SSSR count). The Bertz CT molecular complexity index is 425. The Labute approximate surface area is 118 Å². The summed E-state index contributed by atoms with van der Waals surface area (Å²) in [6.45, 7) is 8.36. The van der Waals surface area contributed by atoms with Crippen molar-refractivity contribution in [1.29, 1.82) is 0 Å². The summed E-state index contributed by atoms with van der Waals surface area (Å²) in [5.41, 5.74) is 4.89. The van der Waals surface area contributed by atoms with E-state index in [4.69, 9.17) is 0 Å². The Hall–Kier alpha value is -0.820. The predicted octanol–water partition coefficient (Wildman–Crippen LogP) is 4.33. The molecule has 1 aliphatic heterocycles. The lowest BCUT2D eigenvalue weighted by Crippen LogP contribution is -2.32. The van der Waals surface area contributed by atoms with Gasteiger partial charge in [0, 0.05) is 0 Å². The van der Waals surface area contributed by atoms with E-state index in [-0.39, 0.29) is 0 Å². The average molecular weight is 257 g/mol. The zero-order valence-electron chi connectivity index (χ0n) is 12.5. The van der Waals surface area contributed by atoms with Crippen LogP contribution in [0.15, 0.2) is 18.2 Å². The van der Waals surface area contributed by atoms with E-state index in [0.717, 1.165) is 11.8 Å². The van der Waals surface area contributed by atoms with Crippen molar-refractivity contribution in [3.63, 3.8) is 0 Å². The van der Waals surface area contributed by atoms with Crippen molar-refractivity contribution in [3.05, 3.63) is 34.9 Å². The van der Waals surface area contributed by atoms with Gasteiger partial charge in [0.1, 0.15) is 0 Å². The van der Waals surface area contributed by atoms with E-state index in [9.17, 15) is 0 Å². The minimum Gasteiger partial charge on any atom is -0.304 e. The number of aryl methyl sites for hydroxylation is 1. The number of nitrogens with zero attached hydrogens (tertiary/aromatic N) is 1. The van der Waals surface area contributed by atoms with Gasteiger partial charge in [-0.15, -0.1) is 0 Å². The van der Waals surface area contributed by atoms with Gasteiger partial charge in [-0.2, -0.15) is 0 Å². The molecule has 0 spiro atoms. The van der Waals surface area contributed by atoms with Crippen LogP contribution < -0.4 is 0 Å². The van der Waals surface area contributed by atoms with Crippen molar-refractivity contribution in [1.82, 2.24) is 4.90 Å². The van der Waals surface area contributed by atoms with Gasteiger partial charge in [-0.3, -0.25) is 0 Å². The van der Waals surface area contributed by atoms with Crippen LogP contribution in [0.5, 0.6) is 0 Å². The quantitative estimate of drug-likeness (QED) is 0.776. The molecule has 1 aliphatic carbocycles. The Kier molecular flexibility index (Phi) is 3.93. The molecular weight excluding hydrogens is 230 g/mol. The number of likely N-dealkylation sites (tertiary alicyclic amines) is 1. The number of hydrogen-bond acceptors (Lipinski definition) is 1. The van der Waals surface area contributed by atoms with Crippen LogP contribution in [-0.2, 0) is 6.42 Å². The highest BCUT2D eigenvalue weighted by Crippen LogP contribution is 2.43. The van der Waals surface area contributed by atoms with Crippen LogP contribution in [0, 0.1) is 0 Å². The number of rotatable bonds is 4. The summed E-state index contributed by atoms with van der Waals surface area (Å²) in [7, 11) is 0. The fourth-order valence-corrected chi connectivity index (χ4v) is 3.55. The molecule has 1 aromatic carbocycles. The third-order valence-corrected chi connectivity index (χ3v) is 5.07. The second-order valence-corrected chi connectivity index (χ2v) is 6.29. The van der Waals surface area contributed by atoms with Crippen molar-refractivity contribution < 1.29 is 0 Å². The van der Waals surface area contributed by atoms with Gasteiger partial charge in [0.15, 0.2) is 0 Å². The molecule has 0 bridgehead atoms. The monoisotopic (exact) mass is 257 g/mol. The fourth-order valence-electron chi connectivity index (χ4n) is 3.55. The maximum absolute atomic E-state index is 2.58. The Morgan fingerprint density at radius 1 is 1.00 bits per heavy atom. The topological polar surface area (TPSA) is 3.24 Å². The molecule has 2 aliphatic rings. The highest BCUT2D eigenvalue weighted by atomic mass is 15.1. The van der Waals surface area contributed by atoms with Crippen LogP contribution in [0.25, 0.3) is 0 Å². The third-order valence-electron chi connectivity index (χ3n) is 5.07. The summed E-state index contributed by atoms with van der Waals surface area (Å²) < 4.78 is 0. The number of hydrogen-bond donors (Lipinski definition) is 0. The molecule has 0 atom stereocenters. The van der Waals surface area contributed by atoms with E-state index in [1.807, 2.05) is 0 Å². The van der Waals surface area contributed by atoms with Crippen molar-refractivity contribution in [2.75, 3.05) is 19.6 Å². The van der Waals surface area contributed by atoms with E-state index >= 15 is 0 Å². The molecule has 0 aromatic heterocycles. The normalized spacial score (nSPS) is 21.8. The summed E-state index contributed by atoms with van der Waals surface area (Å²) in [4.78, 5) is 2.58. The minimum atomic E-state index is 0.811. The highest BCUT2D eigenvalue weighted by Gasteiger charge is 2.27. The number of benzene rings is 1. The summed E-state index contributed by atoms with van der Waals surface area (Å²) in [5.74, 6) is 1.71. The zero-order chi connectivity index (χ0) is 13.2. The smallest absolute Gasteiger partial charge is 0.00130 e. The van der Waals surface area contributed by atoms with E-state index in [1.54, 1.807) is 16.7 Å². The van der Waals surface area contributed by atoms with E-state index in [0.29, 0.717) is 0 Å². The SMILES string of the molecule is CCc1ccc(C2CCN(CC)CC2)cc1C1CC1. The molecule has 19 heavy (non-hydrogen) atoms. The first-order chi connectivity index (χ1) is 9.31. The third kappa shape index (κ3) is 2.86. The van der Waals surface area contributed by atoms with Gasteiger partial charge >= 0.3 is 0 Å². The lowest BCUT2D eigenvalue weighted by Gasteiger charge is -2.31. The van der Waals surface area contributed by atoms with Gasteiger partial charge in [-0.05, 0) is 80.3 Å². The molecular formula is C18H27N. The standard InChI is InChI=1S/C18H27N/c1-3-14-5-8-17(13-18(14)16-6-7-16)15-9-11-19(4-2)12-10-15/h5,8,13,15-16H,3-4,6-7,9-12H2,1-2H3. The summed E-state index contributed by atoms with van der Waals surface area (Å²) in [6.07, 6.45) is 6.74. The van der Waals surface area contributed by atoms with E-state index in [2.05, 4.69) is 36.9 Å². The molecule has 1 heterocycles. The first-order valence-corrected chi connectivity index (χ1v) is 8.16. The lowest BCUT2D eigenvalue weighted by atomic mass is 9.86. The van der Waals surface area contributed by atoms with Crippen molar-refractivity contribution in [2.24, 2.45) is 0 Å². The summed E-state index contributed by atoms with van der Waals surface area (Å²) in [5, 5.41) is 0. The van der Waals surface area contributed by atoms with Crippen LogP contribution in [0.4, 0.5) is 0 Å². The molecule has 0 N–H and O–H groups in total. The largest absolute Gasteiger partial charge is 0.304 e. The van der Waals surface area contributed by atoms with Gasteiger partial charge in [0.2, 0.25) is 0 Å². The Morgan fingerprint density at radius 3 is 2.32 bits per heavy atom.